The minimum atomic E-state index is -1.22. The quantitative estimate of drug-likeness (QED) is 0.420. The molecule has 0 fully saturated rings. The Labute approximate surface area is 153 Å². The number of hydrogen-bond acceptors (Lipinski definition) is 4. The van der Waals surface area contributed by atoms with Crippen LogP contribution in [0.25, 0.3) is 21.9 Å². The Morgan fingerprint density at radius 1 is 1.11 bits per heavy atom. The van der Waals surface area contributed by atoms with Crippen LogP contribution in [-0.4, -0.2) is 21.9 Å². The molecule has 2 N–H and O–H groups in total. The number of amides is 1. The Morgan fingerprint density at radius 3 is 2.56 bits per heavy atom. The molecule has 0 aliphatic carbocycles. The average Bonchev–Trinajstić information content (AvgIpc) is 2.65. The first kappa shape index (κ1) is 16.7. The van der Waals surface area contributed by atoms with Gasteiger partial charge in [0.05, 0.1) is 16.2 Å². The van der Waals surface area contributed by atoms with Gasteiger partial charge in [0.2, 0.25) is 5.91 Å². The minimum absolute atomic E-state index is 0.00489. The highest BCUT2D eigenvalue weighted by atomic mass is 16.6. The molecule has 3 aromatic carbocycles. The molecule has 0 spiro atoms. The zero-order valence-corrected chi connectivity index (χ0v) is 14.0. The van der Waals surface area contributed by atoms with Crippen molar-refractivity contribution in [2.45, 2.75) is 6.42 Å². The second-order valence-corrected chi connectivity index (χ2v) is 6.43. The number of nitro groups is 1. The molecule has 7 nitrogen and oxygen atoms in total. The van der Waals surface area contributed by atoms with Crippen molar-refractivity contribution >= 4 is 34.0 Å². The summed E-state index contributed by atoms with van der Waals surface area (Å²) in [5, 5.41) is 25.2. The van der Waals surface area contributed by atoms with Gasteiger partial charge in [-0.15, -0.1) is 0 Å². The van der Waals surface area contributed by atoms with Crippen molar-refractivity contribution in [3.05, 3.63) is 70.3 Å². The molecular formula is C20H14N2O5. The second kappa shape index (κ2) is 6.21. The molecule has 1 heterocycles. The smallest absolute Gasteiger partial charge is 0.316 e. The van der Waals surface area contributed by atoms with Gasteiger partial charge in [-0.1, -0.05) is 36.4 Å². The summed E-state index contributed by atoms with van der Waals surface area (Å²) in [5.74, 6) is -3.09. The van der Waals surface area contributed by atoms with Crippen LogP contribution in [0.2, 0.25) is 0 Å². The number of nitrogens with zero attached hydrogens (tertiary/aromatic N) is 1. The molecule has 0 bridgehead atoms. The molecule has 1 aliphatic rings. The van der Waals surface area contributed by atoms with Crippen LogP contribution in [-0.2, 0) is 16.0 Å². The van der Waals surface area contributed by atoms with Crippen molar-refractivity contribution < 1.29 is 19.6 Å². The monoisotopic (exact) mass is 362 g/mol. The van der Waals surface area contributed by atoms with Crippen molar-refractivity contribution in [1.29, 1.82) is 0 Å². The predicted octanol–water partition coefficient (Wildman–Crippen LogP) is 3.61. The Hall–Kier alpha value is -3.74. The summed E-state index contributed by atoms with van der Waals surface area (Å²) in [4.78, 5) is 34.3. The van der Waals surface area contributed by atoms with Crippen molar-refractivity contribution in [2.75, 3.05) is 5.32 Å². The third kappa shape index (κ3) is 2.89. The second-order valence-electron chi connectivity index (χ2n) is 6.43. The maximum atomic E-state index is 11.9. The van der Waals surface area contributed by atoms with Crippen LogP contribution in [0.3, 0.4) is 0 Å². The molecule has 7 heteroatoms. The molecule has 4 rings (SSSR count). The molecule has 1 amide bonds. The molecule has 0 radical (unpaired) electrons. The van der Waals surface area contributed by atoms with Gasteiger partial charge in [-0.25, -0.2) is 0 Å². The number of carboxylic acids is 1. The van der Waals surface area contributed by atoms with Gasteiger partial charge < -0.3 is 10.4 Å². The third-order valence-corrected chi connectivity index (χ3v) is 4.78. The maximum Gasteiger partial charge on any atom is 0.316 e. The summed E-state index contributed by atoms with van der Waals surface area (Å²) in [5.41, 5.74) is 1.76. The number of aliphatic carboxylic acids is 1. The number of carboxylic acid groups (broad SMARTS) is 1. The summed E-state index contributed by atoms with van der Waals surface area (Å²) >= 11 is 0. The number of nitro benzene ring substituents is 1. The van der Waals surface area contributed by atoms with Crippen LogP contribution >= 0.6 is 0 Å². The van der Waals surface area contributed by atoms with E-state index in [4.69, 9.17) is 0 Å². The number of nitrogens with one attached hydrogen (secondary N) is 1. The van der Waals surface area contributed by atoms with Crippen molar-refractivity contribution in [3.8, 4) is 11.1 Å². The average molecular weight is 362 g/mol. The Balaban J connectivity index is 1.89. The Kier molecular flexibility index (Phi) is 3.84. The van der Waals surface area contributed by atoms with Gasteiger partial charge in [-0.05, 0) is 40.5 Å². The first-order valence-electron chi connectivity index (χ1n) is 8.28. The number of benzene rings is 3. The molecule has 134 valence electrons. The summed E-state index contributed by atoms with van der Waals surface area (Å²) in [7, 11) is 0. The predicted molar refractivity (Wildman–Crippen MR) is 99.5 cm³/mol. The van der Waals surface area contributed by atoms with E-state index < -0.39 is 22.7 Å². The first-order chi connectivity index (χ1) is 12.9. The number of rotatable bonds is 3. The van der Waals surface area contributed by atoms with Crippen molar-refractivity contribution in [1.82, 2.24) is 0 Å². The molecular weight excluding hydrogens is 348 g/mol. The summed E-state index contributed by atoms with van der Waals surface area (Å²) in [6.45, 7) is 0. The summed E-state index contributed by atoms with van der Waals surface area (Å²) in [6, 6.07) is 16.1. The van der Waals surface area contributed by atoms with Gasteiger partial charge in [0, 0.05) is 6.07 Å². The number of hydrogen-bond donors (Lipinski definition) is 2. The van der Waals surface area contributed by atoms with Crippen LogP contribution in [0.5, 0.6) is 0 Å². The van der Waals surface area contributed by atoms with Gasteiger partial charge in [-0.3, -0.25) is 19.7 Å². The van der Waals surface area contributed by atoms with Crippen LogP contribution in [0.1, 0.15) is 5.56 Å². The van der Waals surface area contributed by atoms with E-state index in [0.29, 0.717) is 16.7 Å². The highest BCUT2D eigenvalue weighted by Gasteiger charge is 2.34. The largest absolute Gasteiger partial charge is 0.481 e. The molecule has 1 unspecified atom stereocenters. The Morgan fingerprint density at radius 2 is 1.85 bits per heavy atom. The topological polar surface area (TPSA) is 110 Å². The molecule has 0 aromatic heterocycles. The molecule has 3 aromatic rings. The number of anilines is 1. The van der Waals surface area contributed by atoms with Crippen LogP contribution in [0.15, 0.2) is 54.6 Å². The van der Waals surface area contributed by atoms with Crippen LogP contribution in [0.4, 0.5) is 11.4 Å². The highest BCUT2D eigenvalue weighted by molar-refractivity contribution is 6.07. The summed E-state index contributed by atoms with van der Waals surface area (Å²) in [6.07, 6.45) is -0.00489. The van der Waals surface area contributed by atoms with E-state index >= 15 is 0 Å². The van der Waals surface area contributed by atoms with Gasteiger partial charge in [0.1, 0.15) is 5.92 Å². The Bertz CT molecular complexity index is 1120. The van der Waals surface area contributed by atoms with Gasteiger partial charge >= 0.3 is 5.97 Å². The van der Waals surface area contributed by atoms with E-state index in [0.717, 1.165) is 10.8 Å². The molecule has 1 atom stereocenters. The normalized spacial score (nSPS) is 15.9. The molecule has 0 saturated carbocycles. The summed E-state index contributed by atoms with van der Waals surface area (Å²) < 4.78 is 0. The lowest BCUT2D eigenvalue weighted by molar-refractivity contribution is -0.384. The fraction of sp³-hybridized carbons (Fsp3) is 0.100. The van der Waals surface area contributed by atoms with Gasteiger partial charge in [0.25, 0.3) is 5.69 Å². The molecule has 27 heavy (non-hydrogen) atoms. The first-order valence-corrected chi connectivity index (χ1v) is 8.28. The standard InChI is InChI=1S/C20H14N2O5/c23-19-16(20(24)25)9-14-8-15(18(22(26)27)10-17(14)21-19)13-6-5-11-3-1-2-4-12(11)7-13/h1-8,10,16H,9H2,(H,21,23)(H,24,25). The fourth-order valence-corrected chi connectivity index (χ4v) is 3.39. The van der Waals surface area contributed by atoms with Gasteiger partial charge in [0.15, 0.2) is 0 Å². The molecule has 1 aliphatic heterocycles. The van der Waals surface area contributed by atoms with Gasteiger partial charge in [-0.2, -0.15) is 0 Å². The van der Waals surface area contributed by atoms with E-state index in [-0.39, 0.29) is 17.8 Å². The minimum Gasteiger partial charge on any atom is -0.481 e. The van der Waals surface area contributed by atoms with E-state index in [1.165, 1.54) is 6.07 Å². The van der Waals surface area contributed by atoms with E-state index in [1.54, 1.807) is 12.1 Å². The lowest BCUT2D eigenvalue weighted by Crippen LogP contribution is -2.35. The lowest BCUT2D eigenvalue weighted by Gasteiger charge is -2.22. The van der Waals surface area contributed by atoms with Crippen LogP contribution in [0, 0.1) is 16.0 Å². The number of carbonyl (C=O) groups excluding carboxylic acids is 1. The third-order valence-electron chi connectivity index (χ3n) is 4.78. The number of carbonyl (C=O) groups is 2. The fourth-order valence-electron chi connectivity index (χ4n) is 3.39. The number of fused-ring (bicyclic) bond motifs is 2. The highest BCUT2D eigenvalue weighted by Crippen LogP contribution is 2.38. The molecule has 0 saturated heterocycles. The lowest BCUT2D eigenvalue weighted by atomic mass is 9.89. The zero-order valence-electron chi connectivity index (χ0n) is 14.0. The zero-order chi connectivity index (χ0) is 19.1. The van der Waals surface area contributed by atoms with Crippen LogP contribution < -0.4 is 5.32 Å². The maximum absolute atomic E-state index is 11.9. The van der Waals surface area contributed by atoms with Crippen molar-refractivity contribution in [3.63, 3.8) is 0 Å². The van der Waals surface area contributed by atoms with E-state index in [9.17, 15) is 24.8 Å². The SMILES string of the molecule is O=C(O)C1Cc2cc(-c3ccc4ccccc4c3)c([N+](=O)[O-])cc2NC1=O. The van der Waals surface area contributed by atoms with E-state index in [1.807, 2.05) is 36.4 Å². The van der Waals surface area contributed by atoms with Crippen molar-refractivity contribution in [2.24, 2.45) is 5.92 Å². The van der Waals surface area contributed by atoms with E-state index in [2.05, 4.69) is 5.32 Å².